The molecule has 1 heterocycles. The highest BCUT2D eigenvalue weighted by Crippen LogP contribution is 2.27. The zero-order valence-electron chi connectivity index (χ0n) is 18.6. The van der Waals surface area contributed by atoms with Gasteiger partial charge in [0.25, 0.3) is 0 Å². The average Bonchev–Trinajstić information content (AvgIpc) is 3.16. The fourth-order valence-corrected chi connectivity index (χ4v) is 3.78. The number of nitrogens with zero attached hydrogens (tertiary/aromatic N) is 1. The van der Waals surface area contributed by atoms with Crippen LogP contribution in [0.5, 0.6) is 0 Å². The summed E-state index contributed by atoms with van der Waals surface area (Å²) in [6.45, 7) is 8.47. The van der Waals surface area contributed by atoms with E-state index >= 15 is 0 Å². The fraction of sp³-hybridized carbons (Fsp3) is 0.609. The standard InChI is InChI=1S/C23H36N4O3/c1-5-17-13-19(22(29)25-12-11-18-9-7-6-8-10-18)27(14-17)23(30)20(15(2)3)26-21(28)16(4)24/h6-10,15-17,19-20H,5,11-14,24H2,1-4H3,(H,25,29)(H,26,28)/t16-,17-,19-,20-/m0/s1. The summed E-state index contributed by atoms with van der Waals surface area (Å²) in [7, 11) is 0. The van der Waals surface area contributed by atoms with Crippen LogP contribution in [0.3, 0.4) is 0 Å². The lowest BCUT2D eigenvalue weighted by Crippen LogP contribution is -2.57. The predicted octanol–water partition coefficient (Wildman–Crippen LogP) is 1.46. The van der Waals surface area contributed by atoms with Gasteiger partial charge in [0.15, 0.2) is 0 Å². The molecule has 0 unspecified atom stereocenters. The predicted molar refractivity (Wildman–Crippen MR) is 117 cm³/mol. The molecule has 1 aliphatic rings. The number of hydrogen-bond acceptors (Lipinski definition) is 4. The van der Waals surface area contributed by atoms with E-state index in [0.29, 0.717) is 19.5 Å². The van der Waals surface area contributed by atoms with Gasteiger partial charge in [-0.05, 0) is 37.2 Å². The normalized spacial score (nSPS) is 20.7. The highest BCUT2D eigenvalue weighted by Gasteiger charge is 2.42. The molecule has 1 fully saturated rings. The van der Waals surface area contributed by atoms with Crippen LogP contribution in [0, 0.1) is 11.8 Å². The molecule has 0 bridgehead atoms. The number of benzene rings is 1. The van der Waals surface area contributed by atoms with Gasteiger partial charge < -0.3 is 21.3 Å². The molecule has 0 aliphatic carbocycles. The Morgan fingerprint density at radius 1 is 1.17 bits per heavy atom. The monoisotopic (exact) mass is 416 g/mol. The summed E-state index contributed by atoms with van der Waals surface area (Å²) in [6, 6.07) is 8.07. The van der Waals surface area contributed by atoms with E-state index in [-0.39, 0.29) is 29.6 Å². The molecule has 7 nitrogen and oxygen atoms in total. The van der Waals surface area contributed by atoms with Crippen LogP contribution in [-0.4, -0.2) is 53.8 Å². The van der Waals surface area contributed by atoms with Gasteiger partial charge in [-0.3, -0.25) is 14.4 Å². The van der Waals surface area contributed by atoms with Crippen LogP contribution >= 0.6 is 0 Å². The number of carbonyl (C=O) groups is 3. The van der Waals surface area contributed by atoms with Crippen LogP contribution in [-0.2, 0) is 20.8 Å². The molecule has 166 valence electrons. The summed E-state index contributed by atoms with van der Waals surface area (Å²) in [6.07, 6.45) is 2.28. The van der Waals surface area contributed by atoms with E-state index in [2.05, 4.69) is 17.6 Å². The van der Waals surface area contributed by atoms with Crippen molar-refractivity contribution in [3.63, 3.8) is 0 Å². The molecule has 1 aromatic carbocycles. The summed E-state index contributed by atoms with van der Waals surface area (Å²) in [5.74, 6) is -0.537. The molecule has 0 aromatic heterocycles. The minimum Gasteiger partial charge on any atom is -0.354 e. The van der Waals surface area contributed by atoms with E-state index in [1.54, 1.807) is 11.8 Å². The lowest BCUT2D eigenvalue weighted by atomic mass is 10.0. The SMILES string of the molecule is CC[C@H]1C[C@@H](C(=O)NCCc2ccccc2)N(C(=O)[C@@H](NC(=O)[C@H](C)N)C(C)C)C1. The van der Waals surface area contributed by atoms with E-state index in [4.69, 9.17) is 5.73 Å². The molecule has 3 amide bonds. The summed E-state index contributed by atoms with van der Waals surface area (Å²) >= 11 is 0. The molecule has 0 spiro atoms. The van der Waals surface area contributed by atoms with E-state index in [9.17, 15) is 14.4 Å². The largest absolute Gasteiger partial charge is 0.354 e. The van der Waals surface area contributed by atoms with Gasteiger partial charge in [0, 0.05) is 13.1 Å². The van der Waals surface area contributed by atoms with Crippen molar-refractivity contribution in [1.82, 2.24) is 15.5 Å². The van der Waals surface area contributed by atoms with Crippen LogP contribution in [0.15, 0.2) is 30.3 Å². The van der Waals surface area contributed by atoms with E-state index < -0.39 is 18.1 Å². The molecule has 0 saturated carbocycles. The van der Waals surface area contributed by atoms with Crippen molar-refractivity contribution >= 4 is 17.7 Å². The third kappa shape index (κ3) is 6.29. The second-order valence-electron chi connectivity index (χ2n) is 8.56. The van der Waals surface area contributed by atoms with Crippen molar-refractivity contribution in [2.24, 2.45) is 17.6 Å². The Labute approximate surface area is 179 Å². The Hall–Kier alpha value is -2.41. The number of amides is 3. The van der Waals surface area contributed by atoms with Gasteiger partial charge in [-0.15, -0.1) is 0 Å². The molecular weight excluding hydrogens is 380 g/mol. The van der Waals surface area contributed by atoms with Gasteiger partial charge in [0.05, 0.1) is 6.04 Å². The van der Waals surface area contributed by atoms with Crippen molar-refractivity contribution in [2.75, 3.05) is 13.1 Å². The number of nitrogens with one attached hydrogen (secondary N) is 2. The molecular formula is C23H36N4O3. The van der Waals surface area contributed by atoms with Crippen LogP contribution in [0.2, 0.25) is 0 Å². The Morgan fingerprint density at radius 3 is 2.40 bits per heavy atom. The third-order valence-electron chi connectivity index (χ3n) is 5.75. The topological polar surface area (TPSA) is 105 Å². The van der Waals surface area contributed by atoms with Crippen molar-refractivity contribution in [2.45, 2.75) is 65.1 Å². The third-order valence-corrected chi connectivity index (χ3v) is 5.75. The van der Waals surface area contributed by atoms with Gasteiger partial charge >= 0.3 is 0 Å². The molecule has 1 aromatic rings. The van der Waals surface area contributed by atoms with Crippen molar-refractivity contribution in [1.29, 1.82) is 0 Å². The molecule has 4 atom stereocenters. The first-order valence-electron chi connectivity index (χ1n) is 10.9. The van der Waals surface area contributed by atoms with Crippen LogP contribution in [0.25, 0.3) is 0 Å². The number of rotatable bonds is 9. The Balaban J connectivity index is 2.06. The van der Waals surface area contributed by atoms with Gasteiger partial charge in [-0.2, -0.15) is 0 Å². The van der Waals surface area contributed by atoms with Gasteiger partial charge in [-0.1, -0.05) is 57.5 Å². The average molecular weight is 417 g/mol. The minimum absolute atomic E-state index is 0.109. The summed E-state index contributed by atoms with van der Waals surface area (Å²) in [5.41, 5.74) is 6.81. The first-order chi connectivity index (χ1) is 14.2. The van der Waals surface area contributed by atoms with Crippen LogP contribution < -0.4 is 16.4 Å². The second kappa shape index (κ2) is 11.1. The lowest BCUT2D eigenvalue weighted by Gasteiger charge is -2.31. The van der Waals surface area contributed by atoms with E-state index in [1.165, 1.54) is 0 Å². The van der Waals surface area contributed by atoms with Gasteiger partial charge in [0.2, 0.25) is 17.7 Å². The molecule has 0 radical (unpaired) electrons. The maximum Gasteiger partial charge on any atom is 0.246 e. The number of carbonyl (C=O) groups excluding carboxylic acids is 3. The maximum atomic E-state index is 13.3. The van der Waals surface area contributed by atoms with Crippen LogP contribution in [0.4, 0.5) is 0 Å². The molecule has 7 heteroatoms. The quantitative estimate of drug-likeness (QED) is 0.567. The molecule has 1 aliphatic heterocycles. The minimum atomic E-state index is -0.696. The number of likely N-dealkylation sites (tertiary alicyclic amines) is 1. The van der Waals surface area contributed by atoms with Gasteiger partial charge in [-0.25, -0.2) is 0 Å². The smallest absolute Gasteiger partial charge is 0.246 e. The molecule has 4 N–H and O–H groups in total. The number of nitrogens with two attached hydrogens (primary N) is 1. The first-order valence-corrected chi connectivity index (χ1v) is 10.9. The molecule has 30 heavy (non-hydrogen) atoms. The van der Waals surface area contributed by atoms with E-state index in [1.807, 2.05) is 44.2 Å². The number of hydrogen-bond donors (Lipinski definition) is 3. The lowest BCUT2D eigenvalue weighted by molar-refractivity contribution is -0.142. The van der Waals surface area contributed by atoms with E-state index in [0.717, 1.165) is 18.4 Å². The van der Waals surface area contributed by atoms with Crippen molar-refractivity contribution in [3.8, 4) is 0 Å². The fourth-order valence-electron chi connectivity index (χ4n) is 3.78. The van der Waals surface area contributed by atoms with Crippen LogP contribution in [0.1, 0.15) is 46.1 Å². The zero-order valence-corrected chi connectivity index (χ0v) is 18.6. The Kier molecular flexibility index (Phi) is 8.84. The molecule has 1 saturated heterocycles. The summed E-state index contributed by atoms with van der Waals surface area (Å²) in [4.78, 5) is 40.0. The van der Waals surface area contributed by atoms with Crippen molar-refractivity contribution in [3.05, 3.63) is 35.9 Å². The Morgan fingerprint density at radius 2 is 1.83 bits per heavy atom. The van der Waals surface area contributed by atoms with Gasteiger partial charge in [0.1, 0.15) is 12.1 Å². The zero-order chi connectivity index (χ0) is 22.3. The highest BCUT2D eigenvalue weighted by atomic mass is 16.2. The summed E-state index contributed by atoms with van der Waals surface area (Å²) < 4.78 is 0. The highest BCUT2D eigenvalue weighted by molar-refractivity contribution is 5.93. The second-order valence-corrected chi connectivity index (χ2v) is 8.56. The molecule has 2 rings (SSSR count). The first kappa shape index (κ1) is 23.9. The Bertz CT molecular complexity index is 720. The summed E-state index contributed by atoms with van der Waals surface area (Å²) in [5, 5.41) is 5.75. The van der Waals surface area contributed by atoms with Crippen molar-refractivity contribution < 1.29 is 14.4 Å². The maximum absolute atomic E-state index is 13.3.